The number of nitrogens with zero attached hydrogens (tertiary/aromatic N) is 3. The van der Waals surface area contributed by atoms with E-state index in [9.17, 15) is 18.5 Å². The van der Waals surface area contributed by atoms with Crippen LogP contribution < -0.4 is 4.72 Å². The van der Waals surface area contributed by atoms with Crippen LogP contribution in [0.25, 0.3) is 11.4 Å². The fraction of sp³-hybridized carbons (Fsp3) is 0. The summed E-state index contributed by atoms with van der Waals surface area (Å²) in [5.41, 5.74) is -0.244. The van der Waals surface area contributed by atoms with Gasteiger partial charge in [-0.2, -0.15) is 5.10 Å². The van der Waals surface area contributed by atoms with Gasteiger partial charge in [-0.05, 0) is 24.3 Å². The van der Waals surface area contributed by atoms with Crippen molar-refractivity contribution in [1.82, 2.24) is 15.2 Å². The summed E-state index contributed by atoms with van der Waals surface area (Å²) >= 11 is 15.0. The van der Waals surface area contributed by atoms with E-state index in [1.165, 1.54) is 12.4 Å². The molecule has 0 aliphatic rings. The third-order valence-corrected chi connectivity index (χ3v) is 5.93. The van der Waals surface area contributed by atoms with Crippen molar-refractivity contribution in [3.05, 3.63) is 61.3 Å². The molecule has 0 atom stereocenters. The van der Waals surface area contributed by atoms with Gasteiger partial charge in [0.2, 0.25) is 0 Å². The average molecular weight is 493 g/mol. The van der Waals surface area contributed by atoms with Crippen molar-refractivity contribution in [2.45, 2.75) is 4.90 Å². The first-order valence-corrected chi connectivity index (χ1v) is 10.0. The number of H-pyrrole nitrogens is 1. The van der Waals surface area contributed by atoms with E-state index in [-0.39, 0.29) is 15.7 Å². The highest BCUT2D eigenvalue weighted by molar-refractivity contribution is 9.10. The second-order valence-electron chi connectivity index (χ2n) is 5.12. The lowest BCUT2D eigenvalue weighted by atomic mass is 10.2. The van der Waals surface area contributed by atoms with E-state index in [2.05, 4.69) is 35.8 Å². The van der Waals surface area contributed by atoms with Crippen molar-refractivity contribution in [2.75, 3.05) is 4.72 Å². The Balaban J connectivity index is 2.14. The Bertz CT molecular complexity index is 1140. The van der Waals surface area contributed by atoms with E-state index in [0.717, 1.165) is 12.1 Å². The first-order valence-electron chi connectivity index (χ1n) is 7.00. The van der Waals surface area contributed by atoms with E-state index >= 15 is 0 Å². The molecule has 0 unspecified atom stereocenters. The Hall–Kier alpha value is -2.21. The molecule has 0 fully saturated rings. The molecule has 27 heavy (non-hydrogen) atoms. The Morgan fingerprint density at radius 1 is 1.22 bits per heavy atom. The summed E-state index contributed by atoms with van der Waals surface area (Å²) in [6, 6.07) is 6.70. The van der Waals surface area contributed by atoms with Crippen molar-refractivity contribution in [3.63, 3.8) is 0 Å². The largest absolute Gasteiger partial charge is 0.292 e. The fourth-order valence-electron chi connectivity index (χ4n) is 2.28. The number of nitrogens with one attached hydrogen (secondary N) is 2. The Labute approximate surface area is 171 Å². The third-order valence-electron chi connectivity index (χ3n) is 3.35. The number of hydrogen-bond acceptors (Lipinski definition) is 6. The van der Waals surface area contributed by atoms with Crippen LogP contribution in [0.15, 0.2) is 46.0 Å². The lowest BCUT2D eigenvalue weighted by Crippen LogP contribution is -2.16. The van der Waals surface area contributed by atoms with Crippen molar-refractivity contribution in [3.8, 4) is 11.4 Å². The van der Waals surface area contributed by atoms with Gasteiger partial charge in [0, 0.05) is 21.1 Å². The number of nitro groups is 1. The van der Waals surface area contributed by atoms with Gasteiger partial charge in [-0.1, -0.05) is 39.1 Å². The number of halogens is 3. The van der Waals surface area contributed by atoms with Crippen molar-refractivity contribution in [1.29, 1.82) is 0 Å². The molecule has 2 N–H and O–H groups in total. The Kier molecular flexibility index (Phi) is 5.38. The second-order valence-corrected chi connectivity index (χ2v) is 8.50. The van der Waals surface area contributed by atoms with Crippen LogP contribution in [0.5, 0.6) is 0 Å². The van der Waals surface area contributed by atoms with Crippen LogP contribution in [0.2, 0.25) is 10.0 Å². The number of hydrogen-bond donors (Lipinski definition) is 2. The molecule has 0 amide bonds. The van der Waals surface area contributed by atoms with Crippen LogP contribution in [0, 0.1) is 10.1 Å². The molecule has 1 heterocycles. The van der Waals surface area contributed by atoms with Gasteiger partial charge in [-0.3, -0.25) is 19.9 Å². The molecule has 1 aromatic heterocycles. The van der Waals surface area contributed by atoms with Gasteiger partial charge in [-0.15, -0.1) is 0 Å². The number of aromatic amines is 1. The smallest absolute Gasteiger partial charge is 0.279 e. The highest BCUT2D eigenvalue weighted by Gasteiger charge is 2.31. The number of nitro benzene ring substituents is 1. The topological polar surface area (TPSA) is 131 Å². The summed E-state index contributed by atoms with van der Waals surface area (Å²) in [5.74, 6) is 0.297. The van der Waals surface area contributed by atoms with Crippen LogP contribution in [-0.2, 0) is 10.0 Å². The molecule has 3 aromatic rings. The molecule has 0 saturated carbocycles. The van der Waals surface area contributed by atoms with Crippen LogP contribution in [-0.4, -0.2) is 28.5 Å². The van der Waals surface area contributed by atoms with Crippen LogP contribution in [0.3, 0.4) is 0 Å². The standard InChI is InChI=1S/C14H8BrCl2N5O4S/c15-7-1-2-11(9(3-7)14-18-6-19-20-14)21-27(25,26)13-10(17)4-8(16)5-12(13)22(23)24/h1-6,21H,(H,18,19,20). The van der Waals surface area contributed by atoms with Gasteiger partial charge in [0.05, 0.1) is 15.6 Å². The van der Waals surface area contributed by atoms with E-state index in [0.29, 0.717) is 15.9 Å². The van der Waals surface area contributed by atoms with Crippen molar-refractivity contribution >= 4 is 60.5 Å². The van der Waals surface area contributed by atoms with E-state index in [4.69, 9.17) is 23.2 Å². The summed E-state index contributed by atoms with van der Waals surface area (Å²) in [5, 5.41) is 17.2. The van der Waals surface area contributed by atoms with Crippen molar-refractivity contribution in [2.24, 2.45) is 0 Å². The maximum absolute atomic E-state index is 12.9. The molecule has 2 aromatic carbocycles. The van der Waals surface area contributed by atoms with Crippen LogP contribution in [0.1, 0.15) is 0 Å². The number of anilines is 1. The van der Waals surface area contributed by atoms with Crippen LogP contribution >= 0.6 is 39.1 Å². The molecule has 3 rings (SSSR count). The summed E-state index contributed by atoms with van der Waals surface area (Å²) in [6.07, 6.45) is 1.26. The number of aromatic nitrogens is 3. The molecular weight excluding hydrogens is 485 g/mol. The molecule has 9 nitrogen and oxygen atoms in total. The van der Waals surface area contributed by atoms with Gasteiger partial charge in [0.15, 0.2) is 10.7 Å². The lowest BCUT2D eigenvalue weighted by Gasteiger charge is -2.13. The molecule has 0 aliphatic heterocycles. The van der Waals surface area contributed by atoms with Gasteiger partial charge in [0.1, 0.15) is 6.33 Å². The second kappa shape index (κ2) is 7.43. The highest BCUT2D eigenvalue weighted by atomic mass is 79.9. The third kappa shape index (κ3) is 4.05. The summed E-state index contributed by atoms with van der Waals surface area (Å²) < 4.78 is 28.7. The number of rotatable bonds is 5. The summed E-state index contributed by atoms with van der Waals surface area (Å²) in [6.45, 7) is 0. The van der Waals surface area contributed by atoms with Crippen LogP contribution in [0.4, 0.5) is 11.4 Å². The molecule has 0 radical (unpaired) electrons. The summed E-state index contributed by atoms with van der Waals surface area (Å²) in [7, 11) is -4.42. The van der Waals surface area contributed by atoms with Gasteiger partial charge >= 0.3 is 0 Å². The number of benzene rings is 2. The zero-order chi connectivity index (χ0) is 19.8. The van der Waals surface area contributed by atoms with E-state index < -0.39 is 25.5 Å². The maximum Gasteiger partial charge on any atom is 0.292 e. The maximum atomic E-state index is 12.9. The average Bonchev–Trinajstić information content (AvgIpc) is 3.09. The minimum absolute atomic E-state index is 0.0587. The zero-order valence-electron chi connectivity index (χ0n) is 13.0. The van der Waals surface area contributed by atoms with Gasteiger partial charge < -0.3 is 0 Å². The minimum atomic E-state index is -4.42. The molecule has 140 valence electrons. The molecular formula is C14H8BrCl2N5O4S. The first kappa shape index (κ1) is 19.5. The normalized spacial score (nSPS) is 11.4. The monoisotopic (exact) mass is 491 g/mol. The first-order chi connectivity index (χ1) is 12.7. The quantitative estimate of drug-likeness (QED) is 0.404. The zero-order valence-corrected chi connectivity index (χ0v) is 16.9. The molecule has 0 aliphatic carbocycles. The molecule has 13 heteroatoms. The fourth-order valence-corrected chi connectivity index (χ4v) is 4.72. The van der Waals surface area contributed by atoms with Gasteiger partial charge in [-0.25, -0.2) is 13.4 Å². The predicted molar refractivity (Wildman–Crippen MR) is 103 cm³/mol. The predicted octanol–water partition coefficient (Wildman–Crippen LogP) is 4.25. The highest BCUT2D eigenvalue weighted by Crippen LogP contribution is 2.37. The molecule has 0 spiro atoms. The minimum Gasteiger partial charge on any atom is -0.279 e. The number of sulfonamides is 1. The SMILES string of the molecule is O=[N+]([O-])c1cc(Cl)cc(Cl)c1S(=O)(=O)Nc1ccc(Br)cc1-c1ncn[nH]1. The Morgan fingerprint density at radius 2 is 1.96 bits per heavy atom. The van der Waals surface area contributed by atoms with E-state index in [1.807, 2.05) is 0 Å². The lowest BCUT2D eigenvalue weighted by molar-refractivity contribution is -0.387. The summed E-state index contributed by atoms with van der Waals surface area (Å²) in [4.78, 5) is 13.7. The van der Waals surface area contributed by atoms with Gasteiger partial charge in [0.25, 0.3) is 15.7 Å². The molecule has 0 bridgehead atoms. The molecule has 0 saturated heterocycles. The van der Waals surface area contributed by atoms with E-state index in [1.54, 1.807) is 12.1 Å². The Morgan fingerprint density at radius 3 is 2.59 bits per heavy atom. The van der Waals surface area contributed by atoms with Crippen molar-refractivity contribution < 1.29 is 13.3 Å².